The van der Waals surface area contributed by atoms with Gasteiger partial charge in [-0.25, -0.2) is 24.4 Å². The largest absolute Gasteiger partial charge is 0.338 e. The topological polar surface area (TPSA) is 93.8 Å². The van der Waals surface area contributed by atoms with E-state index in [0.717, 1.165) is 38.2 Å². The van der Waals surface area contributed by atoms with Crippen LogP contribution in [0.25, 0.3) is 5.82 Å². The first-order valence-corrected chi connectivity index (χ1v) is 9.03. The molecule has 0 aliphatic carbocycles. The first-order chi connectivity index (χ1) is 13.2. The van der Waals surface area contributed by atoms with Gasteiger partial charge < -0.3 is 14.8 Å². The minimum absolute atomic E-state index is 0.117. The molecule has 0 radical (unpaired) electrons. The minimum atomic E-state index is -0.117. The molecule has 0 saturated carbocycles. The smallest absolute Gasteiger partial charge is 0.321 e. The van der Waals surface area contributed by atoms with Gasteiger partial charge in [0.1, 0.15) is 18.5 Å². The Morgan fingerprint density at radius 2 is 2.26 bits per heavy atom. The van der Waals surface area contributed by atoms with Crippen LogP contribution in [0.4, 0.5) is 10.5 Å². The number of amides is 2. The number of nitrogens with one attached hydrogen (secondary N) is 1. The first-order valence-electron chi connectivity index (χ1n) is 9.03. The van der Waals surface area contributed by atoms with Crippen LogP contribution in [-0.2, 0) is 13.5 Å². The molecule has 2 amide bonds. The highest BCUT2D eigenvalue weighted by molar-refractivity contribution is 5.91. The third-order valence-corrected chi connectivity index (χ3v) is 4.86. The van der Waals surface area contributed by atoms with Crippen molar-refractivity contribution < 1.29 is 4.79 Å². The number of hydrogen-bond donors (Lipinski definition) is 1. The van der Waals surface area contributed by atoms with Crippen molar-refractivity contribution in [2.45, 2.75) is 19.3 Å². The maximum Gasteiger partial charge on any atom is 0.321 e. The molecule has 0 aromatic carbocycles. The Bertz CT molecular complexity index is 904. The predicted octanol–water partition coefficient (Wildman–Crippen LogP) is 1.88. The molecule has 9 nitrogen and oxygen atoms in total. The van der Waals surface area contributed by atoms with E-state index in [9.17, 15) is 4.79 Å². The van der Waals surface area contributed by atoms with Gasteiger partial charge in [-0.3, -0.25) is 0 Å². The fourth-order valence-corrected chi connectivity index (χ4v) is 3.46. The van der Waals surface area contributed by atoms with Gasteiger partial charge in [0.25, 0.3) is 0 Å². The number of carbonyl (C=O) groups is 1. The standard InChI is InChI=1S/C18H22N8O/c1-24-9-7-20-16(24)10-14-4-3-8-25(11-14)18(27)23-15-5-2-6-21-17(15)26-13-19-12-22-26/h2,5-7,9,12-14H,3-4,8,10-11H2,1H3,(H,23,27). The summed E-state index contributed by atoms with van der Waals surface area (Å²) in [7, 11) is 2.00. The number of rotatable bonds is 4. The van der Waals surface area contributed by atoms with E-state index in [2.05, 4.69) is 25.4 Å². The molecular formula is C18H22N8O. The molecule has 3 aromatic rings. The van der Waals surface area contributed by atoms with Crippen molar-refractivity contribution in [1.29, 1.82) is 0 Å². The van der Waals surface area contributed by atoms with Crippen molar-refractivity contribution in [2.24, 2.45) is 13.0 Å². The number of aryl methyl sites for hydroxylation is 1. The SMILES string of the molecule is Cn1ccnc1CC1CCCN(C(=O)Nc2cccnc2-n2cncn2)C1. The summed E-state index contributed by atoms with van der Waals surface area (Å²) >= 11 is 0. The molecule has 1 aliphatic heterocycles. The summed E-state index contributed by atoms with van der Waals surface area (Å²) in [6.07, 6.45) is 11.4. The number of carbonyl (C=O) groups excluding carboxylic acids is 1. The van der Waals surface area contributed by atoms with Crippen LogP contribution < -0.4 is 5.32 Å². The van der Waals surface area contributed by atoms with Gasteiger partial charge in [-0.15, -0.1) is 0 Å². The molecule has 4 heterocycles. The highest BCUT2D eigenvalue weighted by atomic mass is 16.2. The van der Waals surface area contributed by atoms with E-state index >= 15 is 0 Å². The molecule has 3 aromatic heterocycles. The van der Waals surface area contributed by atoms with E-state index in [1.807, 2.05) is 35.0 Å². The lowest BCUT2D eigenvalue weighted by Crippen LogP contribution is -2.43. The van der Waals surface area contributed by atoms with Crippen LogP contribution in [0, 0.1) is 5.92 Å². The number of pyridine rings is 1. The van der Waals surface area contributed by atoms with Crippen LogP contribution in [0.1, 0.15) is 18.7 Å². The second kappa shape index (κ2) is 7.56. The fraction of sp³-hybridized carbons (Fsp3) is 0.389. The van der Waals surface area contributed by atoms with Gasteiger partial charge in [-0.2, -0.15) is 5.10 Å². The lowest BCUT2D eigenvalue weighted by Gasteiger charge is -2.32. The highest BCUT2D eigenvalue weighted by Gasteiger charge is 2.25. The molecule has 1 saturated heterocycles. The molecule has 4 rings (SSSR count). The van der Waals surface area contributed by atoms with Crippen LogP contribution >= 0.6 is 0 Å². The Labute approximate surface area is 157 Å². The van der Waals surface area contributed by atoms with E-state index in [1.165, 1.54) is 11.0 Å². The summed E-state index contributed by atoms with van der Waals surface area (Å²) in [6, 6.07) is 3.49. The fourth-order valence-electron chi connectivity index (χ4n) is 3.46. The van der Waals surface area contributed by atoms with Gasteiger partial charge in [0.2, 0.25) is 0 Å². The average Bonchev–Trinajstić information content (AvgIpc) is 3.35. The van der Waals surface area contributed by atoms with E-state index in [4.69, 9.17) is 0 Å². The molecule has 1 aliphatic rings. The van der Waals surface area contributed by atoms with Gasteiger partial charge in [0.15, 0.2) is 5.82 Å². The minimum Gasteiger partial charge on any atom is -0.338 e. The number of hydrogen-bond acceptors (Lipinski definition) is 5. The Morgan fingerprint density at radius 3 is 3.04 bits per heavy atom. The molecule has 9 heteroatoms. The van der Waals surface area contributed by atoms with Crippen molar-refractivity contribution in [1.82, 2.24) is 34.2 Å². The normalized spacial score (nSPS) is 17.1. The van der Waals surface area contributed by atoms with Crippen LogP contribution in [-0.4, -0.2) is 53.3 Å². The number of aromatic nitrogens is 6. The first kappa shape index (κ1) is 17.2. The second-order valence-corrected chi connectivity index (χ2v) is 6.76. The lowest BCUT2D eigenvalue weighted by molar-refractivity contribution is 0.176. The summed E-state index contributed by atoms with van der Waals surface area (Å²) in [4.78, 5) is 27.4. The van der Waals surface area contributed by atoms with E-state index in [1.54, 1.807) is 18.6 Å². The maximum absolute atomic E-state index is 12.8. The van der Waals surface area contributed by atoms with Crippen molar-refractivity contribution in [3.8, 4) is 5.82 Å². The van der Waals surface area contributed by atoms with Crippen molar-refractivity contribution >= 4 is 11.7 Å². The lowest BCUT2D eigenvalue weighted by atomic mass is 9.94. The molecule has 1 atom stereocenters. The Hall–Kier alpha value is -3.23. The number of imidazole rings is 1. The number of anilines is 1. The molecule has 27 heavy (non-hydrogen) atoms. The zero-order chi connectivity index (χ0) is 18.6. The van der Waals surface area contributed by atoms with E-state index in [-0.39, 0.29) is 6.03 Å². The van der Waals surface area contributed by atoms with Crippen LogP contribution in [0.5, 0.6) is 0 Å². The number of piperidine rings is 1. The number of nitrogens with zero attached hydrogens (tertiary/aromatic N) is 7. The second-order valence-electron chi connectivity index (χ2n) is 6.76. The highest BCUT2D eigenvalue weighted by Crippen LogP contribution is 2.22. The number of likely N-dealkylation sites (tertiary alicyclic amines) is 1. The Balaban J connectivity index is 1.43. The molecule has 140 valence electrons. The Morgan fingerprint density at radius 1 is 1.33 bits per heavy atom. The van der Waals surface area contributed by atoms with Gasteiger partial charge in [0.05, 0.1) is 5.69 Å². The Kier molecular flexibility index (Phi) is 4.82. The molecule has 1 unspecified atom stereocenters. The molecule has 0 bridgehead atoms. The van der Waals surface area contributed by atoms with E-state index in [0.29, 0.717) is 17.4 Å². The van der Waals surface area contributed by atoms with Crippen molar-refractivity contribution in [3.63, 3.8) is 0 Å². The third-order valence-electron chi connectivity index (χ3n) is 4.86. The van der Waals surface area contributed by atoms with Gasteiger partial charge >= 0.3 is 6.03 Å². The molecule has 1 fully saturated rings. The van der Waals surface area contributed by atoms with Crippen LogP contribution in [0.15, 0.2) is 43.4 Å². The molecule has 1 N–H and O–H groups in total. The zero-order valence-corrected chi connectivity index (χ0v) is 15.2. The van der Waals surface area contributed by atoms with Gasteiger partial charge in [0, 0.05) is 45.1 Å². The number of urea groups is 1. The summed E-state index contributed by atoms with van der Waals surface area (Å²) < 4.78 is 3.58. The van der Waals surface area contributed by atoms with Gasteiger partial charge in [-0.05, 0) is 30.9 Å². The summed E-state index contributed by atoms with van der Waals surface area (Å²) in [6.45, 7) is 1.47. The van der Waals surface area contributed by atoms with E-state index < -0.39 is 0 Å². The zero-order valence-electron chi connectivity index (χ0n) is 15.2. The average molecular weight is 366 g/mol. The third kappa shape index (κ3) is 3.81. The quantitative estimate of drug-likeness (QED) is 0.761. The van der Waals surface area contributed by atoms with Crippen molar-refractivity contribution in [3.05, 3.63) is 49.2 Å². The summed E-state index contributed by atoms with van der Waals surface area (Å²) in [5, 5.41) is 7.07. The molecule has 0 spiro atoms. The molecular weight excluding hydrogens is 344 g/mol. The van der Waals surface area contributed by atoms with Crippen LogP contribution in [0.3, 0.4) is 0 Å². The van der Waals surface area contributed by atoms with Gasteiger partial charge in [-0.1, -0.05) is 0 Å². The van der Waals surface area contributed by atoms with Crippen molar-refractivity contribution in [2.75, 3.05) is 18.4 Å². The maximum atomic E-state index is 12.8. The summed E-state index contributed by atoms with van der Waals surface area (Å²) in [5.74, 6) is 2.02. The monoisotopic (exact) mass is 366 g/mol. The summed E-state index contributed by atoms with van der Waals surface area (Å²) in [5.41, 5.74) is 0.610. The van der Waals surface area contributed by atoms with Crippen LogP contribution in [0.2, 0.25) is 0 Å². The predicted molar refractivity (Wildman–Crippen MR) is 99.4 cm³/mol.